The molecule has 0 N–H and O–H groups in total. The second-order valence-corrected chi connectivity index (χ2v) is 4.58. The molecule has 0 aliphatic heterocycles. The summed E-state index contributed by atoms with van der Waals surface area (Å²) in [6, 6.07) is 10.5. The molecular formula is C15H11ClN2O2. The standard InChI is InChI=1S/C15H11ClN2O2/c1-9-6-12(15(19)20-2)13(8-17)14(18-9)10-4-3-5-11(16)7-10/h3-7H,1-2H3. The molecule has 100 valence electrons. The highest BCUT2D eigenvalue weighted by molar-refractivity contribution is 6.30. The molecule has 0 amide bonds. The van der Waals surface area contributed by atoms with Gasteiger partial charge in [-0.05, 0) is 25.1 Å². The van der Waals surface area contributed by atoms with Crippen LogP contribution in [0.2, 0.25) is 5.02 Å². The van der Waals surface area contributed by atoms with Gasteiger partial charge in [-0.15, -0.1) is 0 Å². The van der Waals surface area contributed by atoms with Gasteiger partial charge < -0.3 is 4.74 Å². The predicted molar refractivity (Wildman–Crippen MR) is 75.5 cm³/mol. The fraction of sp³-hybridized carbons (Fsp3) is 0.133. The second-order valence-electron chi connectivity index (χ2n) is 4.15. The molecule has 0 fully saturated rings. The zero-order valence-corrected chi connectivity index (χ0v) is 11.7. The number of benzene rings is 1. The van der Waals surface area contributed by atoms with Gasteiger partial charge in [0, 0.05) is 16.3 Å². The molecule has 0 spiro atoms. The zero-order chi connectivity index (χ0) is 14.7. The Morgan fingerprint density at radius 2 is 2.15 bits per heavy atom. The number of nitrogens with zero attached hydrogens (tertiary/aromatic N) is 2. The molecule has 0 aliphatic rings. The maximum Gasteiger partial charge on any atom is 0.339 e. The highest BCUT2D eigenvalue weighted by Crippen LogP contribution is 2.27. The van der Waals surface area contributed by atoms with Crippen molar-refractivity contribution < 1.29 is 9.53 Å². The van der Waals surface area contributed by atoms with Gasteiger partial charge in [-0.3, -0.25) is 4.98 Å². The Balaban J connectivity index is 2.74. The number of hydrogen-bond acceptors (Lipinski definition) is 4. The summed E-state index contributed by atoms with van der Waals surface area (Å²) in [6.07, 6.45) is 0. The summed E-state index contributed by atoms with van der Waals surface area (Å²) < 4.78 is 4.70. The van der Waals surface area contributed by atoms with Crippen molar-refractivity contribution in [2.24, 2.45) is 0 Å². The number of ether oxygens (including phenoxy) is 1. The Morgan fingerprint density at radius 3 is 2.75 bits per heavy atom. The van der Waals surface area contributed by atoms with Crippen molar-refractivity contribution in [1.82, 2.24) is 4.98 Å². The molecule has 5 heteroatoms. The Morgan fingerprint density at radius 1 is 1.40 bits per heavy atom. The molecule has 1 aromatic heterocycles. The third-order valence-electron chi connectivity index (χ3n) is 2.76. The minimum atomic E-state index is -0.560. The van der Waals surface area contributed by atoms with Gasteiger partial charge in [-0.1, -0.05) is 23.7 Å². The van der Waals surface area contributed by atoms with Crippen LogP contribution in [0.3, 0.4) is 0 Å². The zero-order valence-electron chi connectivity index (χ0n) is 11.0. The van der Waals surface area contributed by atoms with Gasteiger partial charge >= 0.3 is 5.97 Å². The largest absolute Gasteiger partial charge is 0.465 e. The first kappa shape index (κ1) is 14.0. The summed E-state index contributed by atoms with van der Waals surface area (Å²) in [4.78, 5) is 16.1. The van der Waals surface area contributed by atoms with E-state index in [9.17, 15) is 10.1 Å². The van der Waals surface area contributed by atoms with E-state index in [0.29, 0.717) is 22.0 Å². The number of rotatable bonds is 2. The van der Waals surface area contributed by atoms with Crippen molar-refractivity contribution in [1.29, 1.82) is 5.26 Å². The summed E-state index contributed by atoms with van der Waals surface area (Å²) in [7, 11) is 1.28. The average molecular weight is 287 g/mol. The Bertz CT molecular complexity index is 720. The lowest BCUT2D eigenvalue weighted by atomic mass is 10.0. The number of carbonyl (C=O) groups excluding carboxylic acids is 1. The number of nitriles is 1. The van der Waals surface area contributed by atoms with Crippen molar-refractivity contribution in [3.63, 3.8) is 0 Å². The third-order valence-corrected chi connectivity index (χ3v) is 3.00. The normalized spacial score (nSPS) is 9.90. The van der Waals surface area contributed by atoms with Gasteiger partial charge in [-0.2, -0.15) is 5.26 Å². The minimum Gasteiger partial charge on any atom is -0.465 e. The number of aromatic nitrogens is 1. The molecule has 0 radical (unpaired) electrons. The quantitative estimate of drug-likeness (QED) is 0.794. The Kier molecular flexibility index (Phi) is 4.02. The van der Waals surface area contributed by atoms with E-state index in [1.54, 1.807) is 37.3 Å². The molecule has 1 aromatic carbocycles. The number of carbonyl (C=O) groups is 1. The number of hydrogen-bond donors (Lipinski definition) is 0. The molecule has 0 bridgehead atoms. The summed E-state index contributed by atoms with van der Waals surface area (Å²) in [6.45, 7) is 1.75. The van der Waals surface area contributed by atoms with Crippen LogP contribution in [-0.4, -0.2) is 18.1 Å². The number of esters is 1. The molecule has 0 saturated heterocycles. The Hall–Kier alpha value is -2.38. The van der Waals surface area contributed by atoms with E-state index in [1.807, 2.05) is 6.07 Å². The van der Waals surface area contributed by atoms with E-state index < -0.39 is 5.97 Å². The summed E-state index contributed by atoms with van der Waals surface area (Å²) >= 11 is 5.96. The van der Waals surface area contributed by atoms with Gasteiger partial charge in [0.15, 0.2) is 0 Å². The van der Waals surface area contributed by atoms with Crippen molar-refractivity contribution in [3.8, 4) is 17.3 Å². The van der Waals surface area contributed by atoms with Crippen molar-refractivity contribution in [3.05, 3.63) is 52.2 Å². The van der Waals surface area contributed by atoms with Crippen LogP contribution in [0.1, 0.15) is 21.6 Å². The molecule has 0 saturated carbocycles. The number of methoxy groups -OCH3 is 1. The maximum absolute atomic E-state index is 11.8. The minimum absolute atomic E-state index is 0.185. The SMILES string of the molecule is COC(=O)c1cc(C)nc(-c2cccc(Cl)c2)c1C#N. The van der Waals surface area contributed by atoms with Crippen LogP contribution in [0.25, 0.3) is 11.3 Å². The highest BCUT2D eigenvalue weighted by atomic mass is 35.5. The number of aryl methyl sites for hydroxylation is 1. The van der Waals surface area contributed by atoms with Gasteiger partial charge in [0.05, 0.1) is 23.9 Å². The molecule has 2 rings (SSSR count). The lowest BCUT2D eigenvalue weighted by Gasteiger charge is -2.09. The predicted octanol–water partition coefficient (Wildman–Crippen LogP) is 3.37. The third kappa shape index (κ3) is 2.63. The van der Waals surface area contributed by atoms with Crippen LogP contribution in [0.15, 0.2) is 30.3 Å². The van der Waals surface area contributed by atoms with E-state index in [4.69, 9.17) is 16.3 Å². The first-order valence-electron chi connectivity index (χ1n) is 5.83. The molecule has 0 unspecified atom stereocenters. The molecule has 0 atom stereocenters. The van der Waals surface area contributed by atoms with Crippen LogP contribution in [0.4, 0.5) is 0 Å². The van der Waals surface area contributed by atoms with Crippen molar-refractivity contribution in [2.75, 3.05) is 7.11 Å². The van der Waals surface area contributed by atoms with Crippen LogP contribution < -0.4 is 0 Å². The van der Waals surface area contributed by atoms with E-state index in [2.05, 4.69) is 4.98 Å². The fourth-order valence-corrected chi connectivity index (χ4v) is 2.09. The first-order valence-corrected chi connectivity index (χ1v) is 6.20. The van der Waals surface area contributed by atoms with Gasteiger partial charge in [0.2, 0.25) is 0 Å². The lowest BCUT2D eigenvalue weighted by Crippen LogP contribution is -2.07. The van der Waals surface area contributed by atoms with Crippen LogP contribution in [0, 0.1) is 18.3 Å². The average Bonchev–Trinajstić information content (AvgIpc) is 2.45. The van der Waals surface area contributed by atoms with Crippen LogP contribution >= 0.6 is 11.6 Å². The van der Waals surface area contributed by atoms with Gasteiger partial charge in [-0.25, -0.2) is 4.79 Å². The topological polar surface area (TPSA) is 63.0 Å². The van der Waals surface area contributed by atoms with E-state index in [-0.39, 0.29) is 11.1 Å². The summed E-state index contributed by atoms with van der Waals surface area (Å²) in [5.41, 5.74) is 2.12. The fourth-order valence-electron chi connectivity index (χ4n) is 1.90. The number of halogens is 1. The van der Waals surface area contributed by atoms with E-state index in [1.165, 1.54) is 7.11 Å². The highest BCUT2D eigenvalue weighted by Gasteiger charge is 2.18. The first-order chi connectivity index (χ1) is 9.56. The molecule has 1 heterocycles. The van der Waals surface area contributed by atoms with Crippen LogP contribution in [-0.2, 0) is 4.74 Å². The van der Waals surface area contributed by atoms with Gasteiger partial charge in [0.1, 0.15) is 6.07 Å². The van der Waals surface area contributed by atoms with E-state index >= 15 is 0 Å². The summed E-state index contributed by atoms with van der Waals surface area (Å²) in [5, 5.41) is 9.87. The molecular weight excluding hydrogens is 276 g/mol. The molecule has 20 heavy (non-hydrogen) atoms. The van der Waals surface area contributed by atoms with Crippen LogP contribution in [0.5, 0.6) is 0 Å². The maximum atomic E-state index is 11.8. The van der Waals surface area contributed by atoms with Gasteiger partial charge in [0.25, 0.3) is 0 Å². The summed E-state index contributed by atoms with van der Waals surface area (Å²) in [5.74, 6) is -0.560. The lowest BCUT2D eigenvalue weighted by molar-refractivity contribution is 0.0600. The monoisotopic (exact) mass is 286 g/mol. The second kappa shape index (κ2) is 5.72. The smallest absolute Gasteiger partial charge is 0.339 e. The molecule has 4 nitrogen and oxygen atoms in total. The Labute approximate surface area is 121 Å². The van der Waals surface area contributed by atoms with Crippen molar-refractivity contribution >= 4 is 17.6 Å². The number of pyridine rings is 1. The molecule has 2 aromatic rings. The molecule has 0 aliphatic carbocycles. The van der Waals surface area contributed by atoms with E-state index in [0.717, 1.165) is 0 Å². The van der Waals surface area contributed by atoms with Crippen molar-refractivity contribution in [2.45, 2.75) is 6.92 Å².